The van der Waals surface area contributed by atoms with E-state index in [1.807, 2.05) is 30.3 Å². The van der Waals surface area contributed by atoms with Crippen molar-refractivity contribution in [3.8, 4) is 0 Å². The third-order valence-corrected chi connectivity index (χ3v) is 4.87. The van der Waals surface area contributed by atoms with Gasteiger partial charge >= 0.3 is 0 Å². The highest BCUT2D eigenvalue weighted by Crippen LogP contribution is 2.36. The van der Waals surface area contributed by atoms with Gasteiger partial charge in [0.05, 0.1) is 25.0 Å². The maximum absolute atomic E-state index is 9.52. The van der Waals surface area contributed by atoms with Gasteiger partial charge in [-0.25, -0.2) is 0 Å². The first-order valence-corrected chi connectivity index (χ1v) is 11.2. The number of hydrogen-bond acceptors (Lipinski definition) is 6. The number of fused-ring (bicyclic) bond motifs is 5. The van der Waals surface area contributed by atoms with Crippen LogP contribution in [0.2, 0.25) is 0 Å². The van der Waals surface area contributed by atoms with E-state index < -0.39 is 15.7 Å². The van der Waals surface area contributed by atoms with E-state index in [1.165, 1.54) is 0 Å². The number of rotatable bonds is 5. The Morgan fingerprint density at radius 3 is 2.27 bits per heavy atom. The monoisotopic (exact) mass is 431 g/mol. The number of aliphatic hydroxyl groups excluding tert-OH is 2. The van der Waals surface area contributed by atoms with E-state index in [1.54, 1.807) is 6.92 Å². The molecule has 1 heterocycles. The van der Waals surface area contributed by atoms with Crippen molar-refractivity contribution in [1.82, 2.24) is 5.32 Å². The first kappa shape index (κ1) is 22.2. The lowest BCUT2D eigenvalue weighted by Crippen LogP contribution is -2.48. The highest BCUT2D eigenvalue weighted by atomic mass is 32.2. The maximum Gasteiger partial charge on any atom is 0.261 e. The molecular weight excluding hydrogens is 406 g/mol. The summed E-state index contributed by atoms with van der Waals surface area (Å²) in [7, 11) is -3.67. The quantitative estimate of drug-likeness (QED) is 0.359. The minimum Gasteiger partial charge on any atom is -0.456 e. The van der Waals surface area contributed by atoms with E-state index in [0.29, 0.717) is 12.8 Å². The third-order valence-electron chi connectivity index (χ3n) is 4.87. The zero-order valence-corrected chi connectivity index (χ0v) is 17.6. The van der Waals surface area contributed by atoms with Gasteiger partial charge in [-0.15, -0.1) is 0 Å². The van der Waals surface area contributed by atoms with Crippen LogP contribution in [-0.4, -0.2) is 48.2 Å². The predicted molar refractivity (Wildman–Crippen MR) is 118 cm³/mol. The molecule has 30 heavy (non-hydrogen) atoms. The van der Waals surface area contributed by atoms with Crippen molar-refractivity contribution < 1.29 is 27.6 Å². The summed E-state index contributed by atoms with van der Waals surface area (Å²) in [5.41, 5.74) is 2.15. The molecule has 0 bridgehead atoms. The molecular formula is C22H25NO6S. The van der Waals surface area contributed by atoms with Crippen LogP contribution in [0.3, 0.4) is 0 Å². The third kappa shape index (κ3) is 4.97. The molecule has 160 valence electrons. The molecule has 0 amide bonds. The van der Waals surface area contributed by atoms with Gasteiger partial charge in [0.1, 0.15) is 11.2 Å². The molecule has 0 atom stereocenters. The molecule has 0 aliphatic rings. The van der Waals surface area contributed by atoms with Gasteiger partial charge < -0.3 is 19.9 Å². The molecule has 8 heteroatoms. The van der Waals surface area contributed by atoms with Crippen molar-refractivity contribution in [1.29, 1.82) is 0 Å². The molecule has 3 aromatic carbocycles. The van der Waals surface area contributed by atoms with Gasteiger partial charge in [0, 0.05) is 17.3 Å². The average molecular weight is 432 g/mol. The molecule has 0 saturated carbocycles. The molecule has 0 aliphatic carbocycles. The van der Waals surface area contributed by atoms with Gasteiger partial charge in [0.15, 0.2) is 0 Å². The lowest BCUT2D eigenvalue weighted by Gasteiger charge is -2.26. The van der Waals surface area contributed by atoms with Crippen molar-refractivity contribution in [2.24, 2.45) is 0 Å². The fraction of sp³-hybridized carbons (Fsp3) is 0.273. The smallest absolute Gasteiger partial charge is 0.261 e. The van der Waals surface area contributed by atoms with Crippen LogP contribution in [0.1, 0.15) is 12.5 Å². The Morgan fingerprint density at radius 1 is 0.933 bits per heavy atom. The largest absolute Gasteiger partial charge is 0.456 e. The Labute approximate surface area is 174 Å². The topological polar surface area (TPSA) is 120 Å². The second kappa shape index (κ2) is 8.71. The summed E-state index contributed by atoms with van der Waals surface area (Å²) in [6.07, 6.45) is 0.715. The van der Waals surface area contributed by atoms with Gasteiger partial charge in [0.2, 0.25) is 0 Å². The Bertz CT molecular complexity index is 1270. The van der Waals surface area contributed by atoms with Crippen LogP contribution < -0.4 is 5.32 Å². The van der Waals surface area contributed by atoms with Crippen LogP contribution in [0.25, 0.3) is 32.7 Å². The molecule has 0 fully saturated rings. The summed E-state index contributed by atoms with van der Waals surface area (Å²) >= 11 is 0. The Balaban J connectivity index is 0.000000461. The zero-order chi connectivity index (χ0) is 21.9. The van der Waals surface area contributed by atoms with Gasteiger partial charge in [-0.2, -0.15) is 8.42 Å². The van der Waals surface area contributed by atoms with E-state index >= 15 is 0 Å². The Kier molecular flexibility index (Phi) is 6.44. The van der Waals surface area contributed by atoms with Gasteiger partial charge in [-0.3, -0.25) is 4.55 Å². The van der Waals surface area contributed by atoms with E-state index in [2.05, 4.69) is 29.6 Å². The van der Waals surface area contributed by atoms with Crippen molar-refractivity contribution >= 4 is 42.8 Å². The SMILES string of the molecule is CC(CO)(CO)NCc1cccc2ccc3oc4ccccc4c3c12.CS(=O)(=O)O. The predicted octanol–water partition coefficient (Wildman–Crippen LogP) is 3.08. The van der Waals surface area contributed by atoms with Crippen LogP contribution in [0.5, 0.6) is 0 Å². The number of para-hydroxylation sites is 1. The zero-order valence-electron chi connectivity index (χ0n) is 16.8. The standard InChI is InChI=1S/C21H21NO3.CH4O3S/c1-21(12-23,13-24)22-11-15-6-4-5-14-9-10-18-20(19(14)15)16-7-2-3-8-17(16)25-18;1-5(2,3)4/h2-10,22-24H,11-13H2,1H3;1H3,(H,2,3,4). The fourth-order valence-electron chi connectivity index (χ4n) is 3.29. The molecule has 0 saturated heterocycles. The lowest BCUT2D eigenvalue weighted by atomic mass is 9.97. The number of hydrogen-bond donors (Lipinski definition) is 4. The van der Waals surface area contributed by atoms with Gasteiger partial charge in [-0.1, -0.05) is 42.5 Å². The number of benzene rings is 3. The summed E-state index contributed by atoms with van der Waals surface area (Å²) < 4.78 is 31.9. The van der Waals surface area contributed by atoms with Crippen molar-refractivity contribution in [2.75, 3.05) is 19.5 Å². The van der Waals surface area contributed by atoms with E-state index in [4.69, 9.17) is 8.97 Å². The van der Waals surface area contributed by atoms with Crippen LogP contribution in [0.15, 0.2) is 59.0 Å². The van der Waals surface area contributed by atoms with Crippen LogP contribution in [0, 0.1) is 0 Å². The first-order chi connectivity index (χ1) is 14.1. The van der Waals surface area contributed by atoms with Crippen molar-refractivity contribution in [3.05, 3.63) is 60.2 Å². The molecule has 7 nitrogen and oxygen atoms in total. The van der Waals surface area contributed by atoms with Crippen molar-refractivity contribution in [2.45, 2.75) is 19.0 Å². The molecule has 0 unspecified atom stereocenters. The minimum atomic E-state index is -3.67. The molecule has 4 rings (SSSR count). The lowest BCUT2D eigenvalue weighted by molar-refractivity contribution is 0.103. The van der Waals surface area contributed by atoms with Gasteiger partial charge in [0.25, 0.3) is 10.1 Å². The highest BCUT2D eigenvalue weighted by Gasteiger charge is 2.22. The van der Waals surface area contributed by atoms with Gasteiger partial charge in [-0.05, 0) is 35.4 Å². The van der Waals surface area contributed by atoms with E-state index in [0.717, 1.165) is 38.3 Å². The fourth-order valence-corrected chi connectivity index (χ4v) is 3.29. The summed E-state index contributed by atoms with van der Waals surface area (Å²) in [6.45, 7) is 2.10. The molecule has 4 N–H and O–H groups in total. The molecule has 0 spiro atoms. The van der Waals surface area contributed by atoms with E-state index in [-0.39, 0.29) is 13.2 Å². The Hall–Kier alpha value is -2.49. The summed E-state index contributed by atoms with van der Waals surface area (Å²) in [5, 5.41) is 26.8. The number of furan rings is 1. The average Bonchev–Trinajstić information content (AvgIpc) is 3.09. The maximum atomic E-state index is 9.52. The van der Waals surface area contributed by atoms with Crippen molar-refractivity contribution in [3.63, 3.8) is 0 Å². The second-order valence-corrected chi connectivity index (χ2v) is 8.98. The number of aliphatic hydroxyl groups is 2. The summed E-state index contributed by atoms with van der Waals surface area (Å²) in [5.74, 6) is 0. The summed E-state index contributed by atoms with van der Waals surface area (Å²) in [6, 6.07) is 18.3. The highest BCUT2D eigenvalue weighted by molar-refractivity contribution is 7.85. The molecule has 0 radical (unpaired) electrons. The molecule has 4 aromatic rings. The van der Waals surface area contributed by atoms with Crippen LogP contribution in [0.4, 0.5) is 0 Å². The number of nitrogens with one attached hydrogen (secondary N) is 1. The molecule has 1 aromatic heterocycles. The second-order valence-electron chi connectivity index (χ2n) is 7.52. The van der Waals surface area contributed by atoms with Crippen LogP contribution in [-0.2, 0) is 16.7 Å². The normalized spacial score (nSPS) is 12.3. The summed E-state index contributed by atoms with van der Waals surface area (Å²) in [4.78, 5) is 0. The minimum absolute atomic E-state index is 0.127. The van der Waals surface area contributed by atoms with E-state index in [9.17, 15) is 18.6 Å². The van der Waals surface area contributed by atoms with Crippen LogP contribution >= 0.6 is 0 Å². The Morgan fingerprint density at radius 2 is 1.60 bits per heavy atom. The first-order valence-electron chi connectivity index (χ1n) is 9.36. The molecule has 0 aliphatic heterocycles.